The van der Waals surface area contributed by atoms with Crippen LogP contribution in [-0.2, 0) is 6.18 Å². The fourth-order valence-electron chi connectivity index (χ4n) is 2.56. The molecule has 1 N–H and O–H groups in total. The van der Waals surface area contributed by atoms with Crippen molar-refractivity contribution in [2.24, 2.45) is 5.92 Å². The molecule has 0 spiro atoms. The van der Waals surface area contributed by atoms with E-state index in [0.29, 0.717) is 6.54 Å². The first-order chi connectivity index (χ1) is 9.43. The number of hydrogen-bond acceptors (Lipinski definition) is 1. The van der Waals surface area contributed by atoms with Crippen molar-refractivity contribution in [3.63, 3.8) is 0 Å². The molecule has 0 aromatic heterocycles. The molecule has 0 radical (unpaired) electrons. The van der Waals surface area contributed by atoms with Crippen LogP contribution in [0.2, 0.25) is 0 Å². The van der Waals surface area contributed by atoms with Crippen molar-refractivity contribution in [1.29, 1.82) is 0 Å². The van der Waals surface area contributed by atoms with Crippen LogP contribution in [-0.4, -0.2) is 6.54 Å². The smallest absolute Gasteiger partial charge is 0.310 e. The van der Waals surface area contributed by atoms with Gasteiger partial charge in [-0.3, -0.25) is 0 Å². The predicted molar refractivity (Wildman–Crippen MR) is 69.8 cm³/mol. The zero-order chi connectivity index (χ0) is 14.8. The maximum atomic E-state index is 13.9. The van der Waals surface area contributed by atoms with Crippen molar-refractivity contribution in [2.45, 2.75) is 44.8 Å². The highest BCUT2D eigenvalue weighted by molar-refractivity contribution is 5.30. The van der Waals surface area contributed by atoms with Crippen LogP contribution in [0.15, 0.2) is 18.2 Å². The number of alkyl halides is 3. The molecule has 1 aliphatic carbocycles. The van der Waals surface area contributed by atoms with Crippen LogP contribution in [0.5, 0.6) is 0 Å². The molecule has 5 heteroatoms. The highest BCUT2D eigenvalue weighted by Gasteiger charge is 2.34. The van der Waals surface area contributed by atoms with Gasteiger partial charge in [-0.1, -0.05) is 13.3 Å². The standard InChI is InChI=1S/C15H19F4N/c1-2-8-20-14(10-4-3-5-10)12-9-11(15(17,18)19)6-7-13(12)16/h6-7,9-10,14,20H,2-5,8H2,1H3. The lowest BCUT2D eigenvalue weighted by Crippen LogP contribution is -2.33. The molecule has 1 aliphatic rings. The lowest BCUT2D eigenvalue weighted by Gasteiger charge is -2.35. The zero-order valence-electron chi connectivity index (χ0n) is 11.4. The van der Waals surface area contributed by atoms with Gasteiger partial charge in [0.1, 0.15) is 5.82 Å². The quantitative estimate of drug-likeness (QED) is 0.776. The average Bonchev–Trinajstić information content (AvgIpc) is 2.31. The molecule has 1 saturated carbocycles. The summed E-state index contributed by atoms with van der Waals surface area (Å²) in [6.07, 6.45) is -0.620. The maximum Gasteiger partial charge on any atom is 0.416 e. The molecule has 1 nitrogen and oxygen atoms in total. The second-order valence-electron chi connectivity index (χ2n) is 5.36. The van der Waals surface area contributed by atoms with Gasteiger partial charge in [-0.2, -0.15) is 13.2 Å². The molecule has 20 heavy (non-hydrogen) atoms. The lowest BCUT2D eigenvalue weighted by molar-refractivity contribution is -0.137. The Balaban J connectivity index is 2.30. The third kappa shape index (κ3) is 3.32. The molecule has 0 heterocycles. The van der Waals surface area contributed by atoms with E-state index in [9.17, 15) is 17.6 Å². The van der Waals surface area contributed by atoms with E-state index in [4.69, 9.17) is 0 Å². The Hall–Kier alpha value is -1.10. The third-order valence-corrected chi connectivity index (χ3v) is 3.89. The molecule has 0 aliphatic heterocycles. The van der Waals surface area contributed by atoms with Gasteiger partial charge in [0.15, 0.2) is 0 Å². The Labute approximate surface area is 116 Å². The van der Waals surface area contributed by atoms with E-state index in [2.05, 4.69) is 5.32 Å². The first-order valence-electron chi connectivity index (χ1n) is 7.03. The minimum Gasteiger partial charge on any atom is -0.310 e. The Morgan fingerprint density at radius 2 is 2.00 bits per heavy atom. The Morgan fingerprint density at radius 3 is 2.50 bits per heavy atom. The van der Waals surface area contributed by atoms with Crippen molar-refractivity contribution < 1.29 is 17.6 Å². The Kier molecular flexibility index (Phi) is 4.68. The van der Waals surface area contributed by atoms with Crippen molar-refractivity contribution in [3.8, 4) is 0 Å². The van der Waals surface area contributed by atoms with Crippen LogP contribution >= 0.6 is 0 Å². The molecule has 0 saturated heterocycles. The molecule has 0 amide bonds. The van der Waals surface area contributed by atoms with E-state index in [0.717, 1.165) is 43.9 Å². The molecule has 0 bridgehead atoms. The van der Waals surface area contributed by atoms with Crippen molar-refractivity contribution in [1.82, 2.24) is 5.32 Å². The summed E-state index contributed by atoms with van der Waals surface area (Å²) in [6.45, 7) is 2.66. The van der Waals surface area contributed by atoms with Gasteiger partial charge in [0.25, 0.3) is 0 Å². The number of hydrogen-bond donors (Lipinski definition) is 1. The second-order valence-corrected chi connectivity index (χ2v) is 5.36. The van der Waals surface area contributed by atoms with Gasteiger partial charge in [0.2, 0.25) is 0 Å². The van der Waals surface area contributed by atoms with Gasteiger partial charge in [-0.15, -0.1) is 0 Å². The highest BCUT2D eigenvalue weighted by Crippen LogP contribution is 2.40. The van der Waals surface area contributed by atoms with E-state index in [1.807, 2.05) is 6.92 Å². The van der Waals surface area contributed by atoms with Crippen LogP contribution in [0.4, 0.5) is 17.6 Å². The summed E-state index contributed by atoms with van der Waals surface area (Å²) >= 11 is 0. The van der Waals surface area contributed by atoms with Gasteiger partial charge in [0.05, 0.1) is 5.56 Å². The van der Waals surface area contributed by atoms with Gasteiger partial charge in [-0.25, -0.2) is 4.39 Å². The molecular weight excluding hydrogens is 270 g/mol. The van der Waals surface area contributed by atoms with Crippen LogP contribution < -0.4 is 5.32 Å². The number of nitrogens with one attached hydrogen (secondary N) is 1. The van der Waals surface area contributed by atoms with E-state index >= 15 is 0 Å². The minimum atomic E-state index is -4.43. The van der Waals surface area contributed by atoms with Crippen molar-refractivity contribution >= 4 is 0 Å². The molecule has 1 unspecified atom stereocenters. The van der Waals surface area contributed by atoms with E-state index in [-0.39, 0.29) is 17.5 Å². The van der Waals surface area contributed by atoms with Crippen molar-refractivity contribution in [3.05, 3.63) is 35.1 Å². The summed E-state index contributed by atoms with van der Waals surface area (Å²) in [7, 11) is 0. The van der Waals surface area contributed by atoms with Crippen LogP contribution in [0, 0.1) is 11.7 Å². The van der Waals surface area contributed by atoms with Crippen LogP contribution in [0.1, 0.15) is 49.8 Å². The SMILES string of the molecule is CCCNC(c1cc(C(F)(F)F)ccc1F)C1CCC1. The largest absolute Gasteiger partial charge is 0.416 e. The third-order valence-electron chi connectivity index (χ3n) is 3.89. The van der Waals surface area contributed by atoms with E-state index in [1.165, 1.54) is 0 Å². The lowest BCUT2D eigenvalue weighted by atomic mass is 9.76. The van der Waals surface area contributed by atoms with E-state index in [1.54, 1.807) is 0 Å². The monoisotopic (exact) mass is 289 g/mol. The summed E-state index contributed by atoms with van der Waals surface area (Å²) in [5.74, 6) is -0.321. The van der Waals surface area contributed by atoms with Crippen LogP contribution in [0.3, 0.4) is 0 Å². The average molecular weight is 289 g/mol. The topological polar surface area (TPSA) is 12.0 Å². The van der Waals surface area contributed by atoms with Crippen molar-refractivity contribution in [2.75, 3.05) is 6.54 Å². The fraction of sp³-hybridized carbons (Fsp3) is 0.600. The Morgan fingerprint density at radius 1 is 1.30 bits per heavy atom. The normalized spacial score (nSPS) is 17.9. The van der Waals surface area contributed by atoms with Gasteiger partial charge >= 0.3 is 6.18 Å². The fourth-order valence-corrected chi connectivity index (χ4v) is 2.56. The molecular formula is C15H19F4N. The van der Waals surface area contributed by atoms with E-state index < -0.39 is 17.6 Å². The first-order valence-corrected chi connectivity index (χ1v) is 7.03. The summed E-state index contributed by atoms with van der Waals surface area (Å²) in [6, 6.07) is 2.38. The molecule has 112 valence electrons. The molecule has 2 rings (SSSR count). The summed E-state index contributed by atoms with van der Waals surface area (Å²) in [5, 5.41) is 3.20. The molecule has 1 fully saturated rings. The molecule has 1 aromatic carbocycles. The van der Waals surface area contributed by atoms with Gasteiger partial charge in [0, 0.05) is 11.6 Å². The first kappa shape index (κ1) is 15.3. The number of rotatable bonds is 5. The number of halogens is 4. The highest BCUT2D eigenvalue weighted by atomic mass is 19.4. The molecule has 1 atom stereocenters. The van der Waals surface area contributed by atoms with Gasteiger partial charge < -0.3 is 5.32 Å². The minimum absolute atomic E-state index is 0.151. The number of benzene rings is 1. The predicted octanol–water partition coefficient (Wildman–Crippen LogP) is 4.69. The summed E-state index contributed by atoms with van der Waals surface area (Å²) in [4.78, 5) is 0. The summed E-state index contributed by atoms with van der Waals surface area (Å²) in [5.41, 5.74) is -0.630. The summed E-state index contributed by atoms with van der Waals surface area (Å²) < 4.78 is 52.3. The molecule has 1 aromatic rings. The zero-order valence-corrected chi connectivity index (χ0v) is 11.4. The van der Waals surface area contributed by atoms with Gasteiger partial charge in [-0.05, 0) is 49.9 Å². The maximum absolute atomic E-state index is 13.9. The second kappa shape index (κ2) is 6.12. The van der Waals surface area contributed by atoms with Crippen LogP contribution in [0.25, 0.3) is 0 Å². The Bertz CT molecular complexity index is 452.